The maximum absolute atomic E-state index is 11.4. The number of allylic oxidation sites excluding steroid dienone is 2. The molecule has 0 N–H and O–H groups in total. The van der Waals surface area contributed by atoms with Crippen molar-refractivity contribution in [3.8, 4) is 0 Å². The zero-order valence-electron chi connectivity index (χ0n) is 9.41. The largest absolute Gasteiger partial charge is 0.350 e. The summed E-state index contributed by atoms with van der Waals surface area (Å²) in [7, 11) is 0. The quantitative estimate of drug-likeness (QED) is 0.608. The first-order chi connectivity index (χ1) is 7.33. The van der Waals surface area contributed by atoms with Gasteiger partial charge in [0.2, 0.25) is 0 Å². The molecule has 0 aliphatic carbocycles. The minimum Gasteiger partial charge on any atom is -0.350 e. The second kappa shape index (κ2) is 7.60. The molecule has 1 saturated heterocycles. The summed E-state index contributed by atoms with van der Waals surface area (Å²) in [6.07, 6.45) is 7.85. The lowest BCUT2D eigenvalue weighted by Gasteiger charge is -2.07. The average Bonchev–Trinajstić information content (AvgIpc) is 2.74. The van der Waals surface area contributed by atoms with Crippen molar-refractivity contribution in [3.63, 3.8) is 0 Å². The van der Waals surface area contributed by atoms with Crippen molar-refractivity contribution in [3.05, 3.63) is 12.2 Å². The Kier molecular flexibility index (Phi) is 6.28. The van der Waals surface area contributed by atoms with Gasteiger partial charge in [-0.1, -0.05) is 19.1 Å². The second-order valence-corrected chi connectivity index (χ2v) is 3.67. The molecule has 1 heterocycles. The molecule has 86 valence electrons. The highest BCUT2D eigenvalue weighted by atomic mass is 16.7. The van der Waals surface area contributed by atoms with Gasteiger partial charge in [-0.15, -0.1) is 0 Å². The minimum absolute atomic E-state index is 0.139. The fourth-order valence-corrected chi connectivity index (χ4v) is 1.51. The van der Waals surface area contributed by atoms with Crippen LogP contribution < -0.4 is 0 Å². The highest BCUT2D eigenvalue weighted by Gasteiger charge is 2.16. The van der Waals surface area contributed by atoms with Crippen molar-refractivity contribution in [1.82, 2.24) is 0 Å². The lowest BCUT2D eigenvalue weighted by molar-refractivity contribution is -0.121. The van der Waals surface area contributed by atoms with Gasteiger partial charge in [-0.2, -0.15) is 0 Å². The summed E-state index contributed by atoms with van der Waals surface area (Å²) in [5, 5.41) is 0. The third-order valence-corrected chi connectivity index (χ3v) is 2.34. The molecule has 1 fully saturated rings. The number of Topliss-reactive ketones (excluding diaryl/α,β-unsaturated/α-hetero) is 1. The van der Waals surface area contributed by atoms with Crippen molar-refractivity contribution < 1.29 is 14.3 Å². The monoisotopic (exact) mass is 212 g/mol. The van der Waals surface area contributed by atoms with E-state index < -0.39 is 0 Å². The van der Waals surface area contributed by atoms with E-state index in [1.807, 2.05) is 0 Å². The van der Waals surface area contributed by atoms with Crippen molar-refractivity contribution in [2.45, 2.75) is 45.3 Å². The molecule has 15 heavy (non-hydrogen) atoms. The first-order valence-corrected chi connectivity index (χ1v) is 5.73. The number of ketones is 1. The minimum atomic E-state index is -0.139. The van der Waals surface area contributed by atoms with Gasteiger partial charge in [0.05, 0.1) is 13.2 Å². The molecule has 1 rings (SSSR count). The number of hydrogen-bond acceptors (Lipinski definition) is 3. The third-order valence-electron chi connectivity index (χ3n) is 2.34. The highest BCUT2D eigenvalue weighted by molar-refractivity contribution is 5.78. The molecule has 0 saturated carbocycles. The molecule has 0 amide bonds. The Morgan fingerprint density at radius 3 is 2.67 bits per heavy atom. The van der Waals surface area contributed by atoms with E-state index in [1.54, 1.807) is 0 Å². The van der Waals surface area contributed by atoms with Crippen LogP contribution in [0.3, 0.4) is 0 Å². The number of carbonyl (C=O) groups excluding carboxylic acids is 1. The summed E-state index contributed by atoms with van der Waals surface area (Å²) >= 11 is 0. The summed E-state index contributed by atoms with van der Waals surface area (Å²) in [5.74, 6) is 0.301. The number of ether oxygens (including phenoxy) is 2. The molecule has 0 aromatic rings. The predicted octanol–water partition coefficient (Wildman–Crippen LogP) is 2.46. The van der Waals surface area contributed by atoms with E-state index in [1.165, 1.54) is 0 Å². The predicted molar refractivity (Wildman–Crippen MR) is 58.6 cm³/mol. The van der Waals surface area contributed by atoms with Gasteiger partial charge in [-0.05, 0) is 12.8 Å². The van der Waals surface area contributed by atoms with Gasteiger partial charge < -0.3 is 9.47 Å². The Balaban J connectivity index is 2.00. The molecule has 1 aliphatic heterocycles. The topological polar surface area (TPSA) is 35.5 Å². The second-order valence-electron chi connectivity index (χ2n) is 3.67. The molecule has 0 atom stereocenters. The van der Waals surface area contributed by atoms with Gasteiger partial charge in [0.1, 0.15) is 5.78 Å². The lowest BCUT2D eigenvalue weighted by atomic mass is 10.1. The van der Waals surface area contributed by atoms with Crippen LogP contribution in [0, 0.1) is 0 Å². The Morgan fingerprint density at radius 1 is 1.27 bits per heavy atom. The molecule has 0 radical (unpaired) electrons. The van der Waals surface area contributed by atoms with Gasteiger partial charge >= 0.3 is 0 Å². The average molecular weight is 212 g/mol. The van der Waals surface area contributed by atoms with Crippen LogP contribution in [0.4, 0.5) is 0 Å². The smallest absolute Gasteiger partial charge is 0.158 e. The Labute approximate surface area is 91.4 Å². The van der Waals surface area contributed by atoms with Crippen LogP contribution >= 0.6 is 0 Å². The SMILES string of the molecule is CC/C=C\CCC(=O)CCC1OCCO1. The summed E-state index contributed by atoms with van der Waals surface area (Å²) in [6.45, 7) is 3.42. The summed E-state index contributed by atoms with van der Waals surface area (Å²) in [5.41, 5.74) is 0. The van der Waals surface area contributed by atoms with Crippen molar-refractivity contribution >= 4 is 5.78 Å². The third kappa shape index (κ3) is 5.70. The molecule has 3 heteroatoms. The number of rotatable bonds is 7. The van der Waals surface area contributed by atoms with Gasteiger partial charge in [-0.3, -0.25) is 4.79 Å². The zero-order chi connectivity index (χ0) is 10.9. The van der Waals surface area contributed by atoms with Gasteiger partial charge in [0.25, 0.3) is 0 Å². The number of hydrogen-bond donors (Lipinski definition) is 0. The zero-order valence-corrected chi connectivity index (χ0v) is 9.41. The Morgan fingerprint density at radius 2 is 2.00 bits per heavy atom. The first-order valence-electron chi connectivity index (χ1n) is 5.73. The Hall–Kier alpha value is -0.670. The van der Waals surface area contributed by atoms with Gasteiger partial charge in [0.15, 0.2) is 6.29 Å². The van der Waals surface area contributed by atoms with E-state index in [-0.39, 0.29) is 6.29 Å². The first kappa shape index (κ1) is 12.4. The molecule has 0 spiro atoms. The van der Waals surface area contributed by atoms with Crippen LogP contribution in [-0.2, 0) is 14.3 Å². The molecule has 0 aromatic carbocycles. The van der Waals surface area contributed by atoms with Crippen LogP contribution in [-0.4, -0.2) is 25.3 Å². The highest BCUT2D eigenvalue weighted by Crippen LogP contribution is 2.11. The van der Waals surface area contributed by atoms with Crippen LogP contribution in [0.25, 0.3) is 0 Å². The fourth-order valence-electron chi connectivity index (χ4n) is 1.51. The lowest BCUT2D eigenvalue weighted by Crippen LogP contribution is -2.10. The van der Waals surface area contributed by atoms with Crippen LogP contribution in [0.2, 0.25) is 0 Å². The molecule has 1 aliphatic rings. The molecular formula is C12H20O3. The van der Waals surface area contributed by atoms with E-state index in [9.17, 15) is 4.79 Å². The van der Waals surface area contributed by atoms with E-state index in [4.69, 9.17) is 9.47 Å². The summed E-state index contributed by atoms with van der Waals surface area (Å²) < 4.78 is 10.5. The van der Waals surface area contributed by atoms with E-state index in [0.717, 1.165) is 12.8 Å². The van der Waals surface area contributed by atoms with Crippen molar-refractivity contribution in [2.24, 2.45) is 0 Å². The molecule has 3 nitrogen and oxygen atoms in total. The Bertz CT molecular complexity index is 205. The van der Waals surface area contributed by atoms with E-state index in [2.05, 4.69) is 19.1 Å². The maximum atomic E-state index is 11.4. The van der Waals surface area contributed by atoms with Gasteiger partial charge in [-0.25, -0.2) is 0 Å². The standard InChI is InChI=1S/C12H20O3/c1-2-3-4-5-6-11(13)7-8-12-14-9-10-15-12/h3-4,12H,2,5-10H2,1H3/b4-3-. The van der Waals surface area contributed by atoms with Crippen LogP contribution in [0.1, 0.15) is 39.0 Å². The molecule has 0 bridgehead atoms. The van der Waals surface area contributed by atoms with Crippen molar-refractivity contribution in [1.29, 1.82) is 0 Å². The van der Waals surface area contributed by atoms with Crippen LogP contribution in [0.5, 0.6) is 0 Å². The number of carbonyl (C=O) groups is 1. The summed E-state index contributed by atoms with van der Waals surface area (Å²) in [4.78, 5) is 11.4. The molecule has 0 unspecified atom stereocenters. The van der Waals surface area contributed by atoms with E-state index in [0.29, 0.717) is 38.3 Å². The molecular weight excluding hydrogens is 192 g/mol. The normalized spacial score (nSPS) is 17.7. The van der Waals surface area contributed by atoms with Crippen LogP contribution in [0.15, 0.2) is 12.2 Å². The van der Waals surface area contributed by atoms with Crippen molar-refractivity contribution in [2.75, 3.05) is 13.2 Å². The fraction of sp³-hybridized carbons (Fsp3) is 0.750. The molecule has 0 aromatic heterocycles. The maximum Gasteiger partial charge on any atom is 0.158 e. The van der Waals surface area contributed by atoms with Gasteiger partial charge in [0, 0.05) is 19.3 Å². The van der Waals surface area contributed by atoms with E-state index >= 15 is 0 Å². The summed E-state index contributed by atoms with van der Waals surface area (Å²) in [6, 6.07) is 0.